The Kier molecular flexibility index (Phi) is 6.19. The van der Waals surface area contributed by atoms with Gasteiger partial charge < -0.3 is 14.8 Å². The van der Waals surface area contributed by atoms with Crippen LogP contribution in [0.4, 0.5) is 4.39 Å². The lowest BCUT2D eigenvalue weighted by molar-refractivity contribution is 0.199. The molecule has 0 amide bonds. The van der Waals surface area contributed by atoms with Gasteiger partial charge in [0, 0.05) is 26.3 Å². The van der Waals surface area contributed by atoms with Gasteiger partial charge in [-0.1, -0.05) is 30.3 Å². The Morgan fingerprint density at radius 2 is 1.86 bits per heavy atom. The monoisotopic (exact) mass is 289 g/mol. The highest BCUT2D eigenvalue weighted by molar-refractivity contribution is 5.30. The van der Waals surface area contributed by atoms with Crippen LogP contribution in [0.2, 0.25) is 0 Å². The van der Waals surface area contributed by atoms with Gasteiger partial charge >= 0.3 is 0 Å². The second-order valence-electron chi connectivity index (χ2n) is 4.74. The predicted octanol–water partition coefficient (Wildman–Crippen LogP) is 3.14. The van der Waals surface area contributed by atoms with Crippen molar-refractivity contribution in [1.82, 2.24) is 5.32 Å². The number of benzene rings is 2. The molecule has 0 atom stereocenters. The molecule has 3 nitrogen and oxygen atoms in total. The summed E-state index contributed by atoms with van der Waals surface area (Å²) in [5.74, 6) is 0.256. The molecule has 0 spiro atoms. The van der Waals surface area contributed by atoms with Gasteiger partial charge in [0.1, 0.15) is 18.2 Å². The van der Waals surface area contributed by atoms with E-state index in [1.54, 1.807) is 7.11 Å². The first-order chi connectivity index (χ1) is 10.3. The van der Waals surface area contributed by atoms with Gasteiger partial charge in [-0.3, -0.25) is 0 Å². The highest BCUT2D eigenvalue weighted by atomic mass is 19.1. The third-order valence-corrected chi connectivity index (χ3v) is 2.99. The Bertz CT molecular complexity index is 546. The minimum absolute atomic E-state index is 0.288. The standard InChI is InChI=1S/C17H20FNO2/c1-20-8-7-19-12-15-9-16(18)11-17(10-15)21-13-14-5-3-2-4-6-14/h2-6,9-11,19H,7-8,12-13H2,1H3. The average molecular weight is 289 g/mol. The molecule has 2 aromatic carbocycles. The fraction of sp³-hybridized carbons (Fsp3) is 0.294. The Labute approximate surface area is 124 Å². The Morgan fingerprint density at radius 1 is 1.05 bits per heavy atom. The molecule has 21 heavy (non-hydrogen) atoms. The van der Waals surface area contributed by atoms with Gasteiger partial charge in [-0.2, -0.15) is 0 Å². The number of nitrogens with one attached hydrogen (secondary N) is 1. The predicted molar refractivity (Wildman–Crippen MR) is 80.8 cm³/mol. The Balaban J connectivity index is 1.91. The molecule has 0 saturated carbocycles. The second kappa shape index (κ2) is 8.39. The average Bonchev–Trinajstić information content (AvgIpc) is 2.50. The fourth-order valence-corrected chi connectivity index (χ4v) is 1.95. The van der Waals surface area contributed by atoms with Crippen molar-refractivity contribution in [1.29, 1.82) is 0 Å². The zero-order valence-electron chi connectivity index (χ0n) is 12.1. The maximum atomic E-state index is 13.6. The molecule has 0 aliphatic rings. The first-order valence-electron chi connectivity index (χ1n) is 6.94. The number of hydrogen-bond acceptors (Lipinski definition) is 3. The highest BCUT2D eigenvalue weighted by Crippen LogP contribution is 2.18. The van der Waals surface area contributed by atoms with Crippen LogP contribution in [-0.4, -0.2) is 20.3 Å². The van der Waals surface area contributed by atoms with Crippen molar-refractivity contribution >= 4 is 0 Å². The van der Waals surface area contributed by atoms with Crippen LogP contribution in [0.25, 0.3) is 0 Å². The van der Waals surface area contributed by atoms with E-state index in [2.05, 4.69) is 5.32 Å². The summed E-state index contributed by atoms with van der Waals surface area (Å²) in [7, 11) is 1.65. The summed E-state index contributed by atoms with van der Waals surface area (Å²) in [6, 6.07) is 14.6. The van der Waals surface area contributed by atoms with Crippen molar-refractivity contribution < 1.29 is 13.9 Å². The minimum atomic E-state index is -0.288. The molecular formula is C17H20FNO2. The van der Waals surface area contributed by atoms with Crippen molar-refractivity contribution in [2.75, 3.05) is 20.3 Å². The first-order valence-corrected chi connectivity index (χ1v) is 6.94. The lowest BCUT2D eigenvalue weighted by Gasteiger charge is -2.09. The summed E-state index contributed by atoms with van der Waals surface area (Å²) in [5, 5.41) is 3.18. The van der Waals surface area contributed by atoms with Crippen LogP contribution in [0, 0.1) is 5.82 Å². The maximum Gasteiger partial charge on any atom is 0.127 e. The van der Waals surface area contributed by atoms with Crippen LogP contribution in [0.1, 0.15) is 11.1 Å². The molecule has 2 rings (SSSR count). The molecule has 0 aliphatic carbocycles. The van der Waals surface area contributed by atoms with E-state index < -0.39 is 0 Å². The van der Waals surface area contributed by atoms with Gasteiger partial charge in [-0.05, 0) is 23.3 Å². The molecular weight excluding hydrogens is 269 g/mol. The molecule has 2 aromatic rings. The molecule has 0 aliphatic heterocycles. The van der Waals surface area contributed by atoms with Gasteiger partial charge in [0.25, 0.3) is 0 Å². The van der Waals surface area contributed by atoms with Gasteiger partial charge in [0.05, 0.1) is 6.61 Å². The van der Waals surface area contributed by atoms with E-state index >= 15 is 0 Å². The zero-order valence-corrected chi connectivity index (χ0v) is 12.1. The van der Waals surface area contributed by atoms with Crippen LogP contribution in [0.15, 0.2) is 48.5 Å². The van der Waals surface area contributed by atoms with Crippen LogP contribution < -0.4 is 10.1 Å². The van der Waals surface area contributed by atoms with E-state index in [4.69, 9.17) is 9.47 Å². The van der Waals surface area contributed by atoms with Gasteiger partial charge in [0.2, 0.25) is 0 Å². The molecule has 0 radical (unpaired) electrons. The van der Waals surface area contributed by atoms with Crippen molar-refractivity contribution in [3.8, 4) is 5.75 Å². The van der Waals surface area contributed by atoms with Crippen LogP contribution in [-0.2, 0) is 17.9 Å². The molecule has 0 unspecified atom stereocenters. The SMILES string of the molecule is COCCNCc1cc(F)cc(OCc2ccccc2)c1. The zero-order chi connectivity index (χ0) is 14.9. The van der Waals surface area contributed by atoms with E-state index in [0.717, 1.165) is 17.7 Å². The molecule has 112 valence electrons. The third-order valence-electron chi connectivity index (χ3n) is 2.99. The van der Waals surface area contributed by atoms with Crippen LogP contribution in [0.5, 0.6) is 5.75 Å². The summed E-state index contributed by atoms with van der Waals surface area (Å²) in [6.45, 7) is 2.38. The van der Waals surface area contributed by atoms with Crippen molar-refractivity contribution in [3.63, 3.8) is 0 Å². The van der Waals surface area contributed by atoms with Gasteiger partial charge in [-0.25, -0.2) is 4.39 Å². The van der Waals surface area contributed by atoms with Gasteiger partial charge in [0.15, 0.2) is 0 Å². The van der Waals surface area contributed by atoms with Crippen molar-refractivity contribution in [2.45, 2.75) is 13.2 Å². The Hall–Kier alpha value is -1.91. The van der Waals surface area contributed by atoms with Crippen LogP contribution in [0.3, 0.4) is 0 Å². The summed E-state index contributed by atoms with van der Waals surface area (Å²) >= 11 is 0. The molecule has 1 N–H and O–H groups in total. The minimum Gasteiger partial charge on any atom is -0.489 e. The molecule has 0 aromatic heterocycles. The third kappa shape index (κ3) is 5.53. The smallest absolute Gasteiger partial charge is 0.127 e. The molecule has 0 fully saturated rings. The lowest BCUT2D eigenvalue weighted by Crippen LogP contribution is -2.18. The number of ether oxygens (including phenoxy) is 2. The van der Waals surface area contributed by atoms with Crippen LogP contribution >= 0.6 is 0 Å². The lowest BCUT2D eigenvalue weighted by atomic mass is 10.2. The summed E-state index contributed by atoms with van der Waals surface area (Å²) < 4.78 is 24.2. The van der Waals surface area contributed by atoms with Crippen molar-refractivity contribution in [3.05, 3.63) is 65.5 Å². The molecule has 0 heterocycles. The highest BCUT2D eigenvalue weighted by Gasteiger charge is 2.02. The first kappa shape index (κ1) is 15.5. The normalized spacial score (nSPS) is 10.6. The van der Waals surface area contributed by atoms with E-state index in [1.165, 1.54) is 12.1 Å². The number of methoxy groups -OCH3 is 1. The number of rotatable bonds is 8. The summed E-state index contributed by atoms with van der Waals surface area (Å²) in [4.78, 5) is 0. The van der Waals surface area contributed by atoms with E-state index in [9.17, 15) is 4.39 Å². The maximum absolute atomic E-state index is 13.6. The number of hydrogen-bond donors (Lipinski definition) is 1. The number of halogens is 1. The Morgan fingerprint density at radius 3 is 2.62 bits per heavy atom. The van der Waals surface area contributed by atoms with E-state index in [0.29, 0.717) is 25.5 Å². The van der Waals surface area contributed by atoms with Crippen molar-refractivity contribution in [2.24, 2.45) is 0 Å². The fourth-order valence-electron chi connectivity index (χ4n) is 1.95. The van der Waals surface area contributed by atoms with Gasteiger partial charge in [-0.15, -0.1) is 0 Å². The largest absolute Gasteiger partial charge is 0.489 e. The molecule has 4 heteroatoms. The molecule has 0 saturated heterocycles. The second-order valence-corrected chi connectivity index (χ2v) is 4.74. The summed E-state index contributed by atoms with van der Waals surface area (Å²) in [5.41, 5.74) is 1.91. The molecule has 0 bridgehead atoms. The topological polar surface area (TPSA) is 30.5 Å². The van der Waals surface area contributed by atoms with E-state index in [1.807, 2.05) is 36.4 Å². The van der Waals surface area contributed by atoms with E-state index in [-0.39, 0.29) is 5.82 Å². The summed E-state index contributed by atoms with van der Waals surface area (Å²) in [6.07, 6.45) is 0. The quantitative estimate of drug-likeness (QED) is 0.757.